The highest BCUT2D eigenvalue weighted by atomic mass is 16.4. The van der Waals surface area contributed by atoms with E-state index < -0.39 is 0 Å². The number of anilines is 1. The lowest BCUT2D eigenvalue weighted by Gasteiger charge is -1.98. The van der Waals surface area contributed by atoms with Gasteiger partial charge in [-0.15, -0.1) is 0 Å². The highest BCUT2D eigenvalue weighted by Gasteiger charge is 2.14. The van der Waals surface area contributed by atoms with Crippen molar-refractivity contribution in [1.82, 2.24) is 4.98 Å². The average Bonchev–Trinajstić information content (AvgIpc) is 2.91. The summed E-state index contributed by atoms with van der Waals surface area (Å²) in [6.07, 6.45) is 2.69. The van der Waals surface area contributed by atoms with Gasteiger partial charge in [0.15, 0.2) is 0 Å². The fraction of sp³-hybridized carbons (Fsp3) is 0.312. The van der Waals surface area contributed by atoms with Crippen LogP contribution >= 0.6 is 0 Å². The number of hydrazone groups is 1. The van der Waals surface area contributed by atoms with Crippen LogP contribution in [0.2, 0.25) is 0 Å². The first kappa shape index (κ1) is 14.8. The van der Waals surface area contributed by atoms with Gasteiger partial charge in [0.2, 0.25) is 11.6 Å². The third kappa shape index (κ3) is 3.69. The minimum atomic E-state index is 0.123. The van der Waals surface area contributed by atoms with Gasteiger partial charge in [-0.1, -0.05) is 45.0 Å². The van der Waals surface area contributed by atoms with E-state index in [4.69, 9.17) is 9.68 Å². The Kier molecular flexibility index (Phi) is 4.72. The molecule has 0 aliphatic carbocycles. The molecule has 0 bridgehead atoms. The summed E-state index contributed by atoms with van der Waals surface area (Å²) in [5.74, 6) is 0.928. The van der Waals surface area contributed by atoms with Gasteiger partial charge in [-0.2, -0.15) is 10.4 Å². The monoisotopic (exact) mass is 282 g/mol. The van der Waals surface area contributed by atoms with E-state index in [-0.39, 0.29) is 17.5 Å². The van der Waals surface area contributed by atoms with E-state index in [2.05, 4.69) is 34.6 Å². The third-order valence-corrected chi connectivity index (χ3v) is 3.01. The third-order valence-electron chi connectivity index (χ3n) is 3.01. The smallest absolute Gasteiger partial charge is 0.252 e. The lowest BCUT2D eigenvalue weighted by atomic mass is 10.1. The van der Waals surface area contributed by atoms with Gasteiger partial charge >= 0.3 is 0 Å². The Hall–Kier alpha value is -2.61. The SMILES string of the molecule is CCc1ccc(/C=N/Nc2oc(C(C)C)nc2C#N)cc1. The van der Waals surface area contributed by atoms with Gasteiger partial charge in [0.1, 0.15) is 6.07 Å². The molecule has 1 N–H and O–H groups in total. The van der Waals surface area contributed by atoms with E-state index in [1.54, 1.807) is 6.21 Å². The molecule has 0 radical (unpaired) electrons. The zero-order valence-electron chi connectivity index (χ0n) is 12.4. The number of rotatable bonds is 5. The van der Waals surface area contributed by atoms with Gasteiger partial charge in [0.25, 0.3) is 5.88 Å². The molecule has 5 heteroatoms. The highest BCUT2D eigenvalue weighted by molar-refractivity contribution is 5.80. The lowest BCUT2D eigenvalue weighted by molar-refractivity contribution is 0.481. The van der Waals surface area contributed by atoms with Gasteiger partial charge in [-0.3, -0.25) is 0 Å². The predicted molar refractivity (Wildman–Crippen MR) is 82.3 cm³/mol. The second-order valence-electron chi connectivity index (χ2n) is 4.96. The van der Waals surface area contributed by atoms with Crippen molar-refractivity contribution in [2.45, 2.75) is 33.1 Å². The molecule has 0 unspecified atom stereocenters. The number of benzene rings is 1. The van der Waals surface area contributed by atoms with Crippen LogP contribution in [0.1, 0.15) is 49.4 Å². The van der Waals surface area contributed by atoms with E-state index in [0.717, 1.165) is 12.0 Å². The maximum atomic E-state index is 9.02. The van der Waals surface area contributed by atoms with Crippen LogP contribution in [0.5, 0.6) is 0 Å². The predicted octanol–water partition coefficient (Wildman–Crippen LogP) is 3.68. The Morgan fingerprint density at radius 3 is 2.67 bits per heavy atom. The van der Waals surface area contributed by atoms with Crippen LogP contribution in [0.25, 0.3) is 0 Å². The first-order valence-electron chi connectivity index (χ1n) is 6.92. The van der Waals surface area contributed by atoms with E-state index >= 15 is 0 Å². The van der Waals surface area contributed by atoms with Gasteiger partial charge in [0, 0.05) is 5.92 Å². The number of nitrogens with one attached hydrogen (secondary N) is 1. The molecule has 2 aromatic rings. The molecule has 0 saturated heterocycles. The van der Waals surface area contributed by atoms with Crippen molar-refractivity contribution >= 4 is 12.1 Å². The maximum Gasteiger partial charge on any atom is 0.252 e. The molecule has 1 heterocycles. The van der Waals surface area contributed by atoms with Gasteiger partial charge in [0.05, 0.1) is 6.21 Å². The summed E-state index contributed by atoms with van der Waals surface area (Å²) in [5, 5.41) is 13.1. The van der Waals surface area contributed by atoms with Crippen LogP contribution in [-0.2, 0) is 6.42 Å². The molecular formula is C16H18N4O. The molecule has 0 saturated carbocycles. The van der Waals surface area contributed by atoms with Gasteiger partial charge < -0.3 is 4.42 Å². The van der Waals surface area contributed by atoms with Crippen LogP contribution in [0.3, 0.4) is 0 Å². The molecule has 0 aliphatic heterocycles. The van der Waals surface area contributed by atoms with Crippen molar-refractivity contribution in [3.05, 3.63) is 47.0 Å². The summed E-state index contributed by atoms with van der Waals surface area (Å²) in [4.78, 5) is 4.11. The molecule has 0 spiro atoms. The number of hydrogen-bond acceptors (Lipinski definition) is 5. The minimum Gasteiger partial charge on any atom is -0.422 e. The molecule has 2 rings (SSSR count). The minimum absolute atomic E-state index is 0.123. The number of oxazole rings is 1. The molecule has 0 amide bonds. The fourth-order valence-electron chi connectivity index (χ4n) is 1.74. The maximum absolute atomic E-state index is 9.02. The topological polar surface area (TPSA) is 74.2 Å². The molecule has 0 atom stereocenters. The molecule has 1 aromatic heterocycles. The number of nitriles is 1. The van der Waals surface area contributed by atoms with E-state index in [0.29, 0.717) is 5.89 Å². The zero-order chi connectivity index (χ0) is 15.2. The van der Waals surface area contributed by atoms with Crippen LogP contribution in [0, 0.1) is 11.3 Å². The van der Waals surface area contributed by atoms with Gasteiger partial charge in [-0.25, -0.2) is 10.4 Å². The number of aryl methyl sites for hydroxylation is 1. The van der Waals surface area contributed by atoms with Gasteiger partial charge in [-0.05, 0) is 17.5 Å². The summed E-state index contributed by atoms with van der Waals surface area (Å²) in [6, 6.07) is 10.1. The molecule has 1 aromatic carbocycles. The second-order valence-corrected chi connectivity index (χ2v) is 4.96. The summed E-state index contributed by atoms with van der Waals surface area (Å²) in [6.45, 7) is 6.02. The summed E-state index contributed by atoms with van der Waals surface area (Å²) >= 11 is 0. The normalized spacial score (nSPS) is 11.0. The quantitative estimate of drug-likeness (QED) is 0.670. The molecule has 0 aliphatic rings. The first-order chi connectivity index (χ1) is 10.1. The van der Waals surface area contributed by atoms with E-state index in [1.807, 2.05) is 32.0 Å². The molecular weight excluding hydrogens is 264 g/mol. The van der Waals surface area contributed by atoms with Crippen LogP contribution < -0.4 is 5.43 Å². The summed E-state index contributed by atoms with van der Waals surface area (Å²) < 4.78 is 5.48. The molecule has 108 valence electrons. The van der Waals surface area contributed by atoms with E-state index in [1.165, 1.54) is 5.56 Å². The Balaban J connectivity index is 2.08. The standard InChI is InChI=1S/C16H18N4O/c1-4-12-5-7-13(8-6-12)10-18-20-16-14(9-17)19-15(21-16)11(2)3/h5-8,10-11,20H,4H2,1-3H3/b18-10+. The van der Waals surface area contributed by atoms with Crippen molar-refractivity contribution in [3.63, 3.8) is 0 Å². The number of aromatic nitrogens is 1. The Labute approximate surface area is 124 Å². The van der Waals surface area contributed by atoms with Crippen molar-refractivity contribution in [3.8, 4) is 6.07 Å². The van der Waals surface area contributed by atoms with Crippen LogP contribution in [0.4, 0.5) is 5.88 Å². The zero-order valence-corrected chi connectivity index (χ0v) is 12.4. The van der Waals surface area contributed by atoms with Crippen molar-refractivity contribution < 1.29 is 4.42 Å². The fourth-order valence-corrected chi connectivity index (χ4v) is 1.74. The van der Waals surface area contributed by atoms with Crippen LogP contribution in [-0.4, -0.2) is 11.2 Å². The Morgan fingerprint density at radius 2 is 2.10 bits per heavy atom. The summed E-state index contributed by atoms with van der Waals surface area (Å²) in [7, 11) is 0. The van der Waals surface area contributed by atoms with Crippen molar-refractivity contribution in [2.24, 2.45) is 5.10 Å². The van der Waals surface area contributed by atoms with Crippen molar-refractivity contribution in [1.29, 1.82) is 5.26 Å². The summed E-state index contributed by atoms with van der Waals surface area (Å²) in [5.41, 5.74) is 5.21. The number of hydrogen-bond donors (Lipinski definition) is 1. The highest BCUT2D eigenvalue weighted by Crippen LogP contribution is 2.21. The average molecular weight is 282 g/mol. The second kappa shape index (κ2) is 6.71. The number of nitrogens with zero attached hydrogens (tertiary/aromatic N) is 3. The first-order valence-corrected chi connectivity index (χ1v) is 6.92. The molecule has 0 fully saturated rings. The molecule has 5 nitrogen and oxygen atoms in total. The van der Waals surface area contributed by atoms with E-state index in [9.17, 15) is 0 Å². The lowest BCUT2D eigenvalue weighted by Crippen LogP contribution is -1.91. The largest absolute Gasteiger partial charge is 0.422 e. The van der Waals surface area contributed by atoms with Crippen LogP contribution in [0.15, 0.2) is 33.8 Å². The van der Waals surface area contributed by atoms with Crippen molar-refractivity contribution in [2.75, 3.05) is 5.43 Å². The Morgan fingerprint density at radius 1 is 1.38 bits per heavy atom. The molecule has 21 heavy (non-hydrogen) atoms. The Bertz CT molecular complexity index is 663.